The summed E-state index contributed by atoms with van der Waals surface area (Å²) in [7, 11) is 0. The summed E-state index contributed by atoms with van der Waals surface area (Å²) in [6, 6.07) is 5.67. The van der Waals surface area contributed by atoms with Crippen molar-refractivity contribution in [2.45, 2.75) is 113 Å². The first kappa shape index (κ1) is 58.2. The van der Waals surface area contributed by atoms with Gasteiger partial charge in [-0.25, -0.2) is 0 Å². The predicted octanol–water partition coefficient (Wildman–Crippen LogP) is -2.68. The summed E-state index contributed by atoms with van der Waals surface area (Å²) in [6.45, 7) is -0.325. The molecule has 71 heavy (non-hydrogen) atoms. The summed E-state index contributed by atoms with van der Waals surface area (Å²) in [5.41, 5.74) is 24.6. The zero-order valence-corrected chi connectivity index (χ0v) is 40.0. The van der Waals surface area contributed by atoms with Crippen molar-refractivity contribution in [3.63, 3.8) is 0 Å². The Morgan fingerprint density at radius 2 is 1.04 bits per heavy atom. The van der Waals surface area contributed by atoms with Crippen molar-refractivity contribution < 1.29 is 58.2 Å². The van der Waals surface area contributed by atoms with Crippen LogP contribution in [0.2, 0.25) is 0 Å². The zero-order valence-electron chi connectivity index (χ0n) is 39.2. The van der Waals surface area contributed by atoms with Gasteiger partial charge in [0.2, 0.25) is 47.3 Å². The van der Waals surface area contributed by atoms with Crippen LogP contribution in [0.25, 0.3) is 10.9 Å². The Morgan fingerprint density at radius 3 is 1.56 bits per heavy atom. The maximum atomic E-state index is 14.4. The molecule has 0 aliphatic rings. The largest absolute Gasteiger partial charge is 0.481 e. The first-order valence-corrected chi connectivity index (χ1v) is 23.7. The van der Waals surface area contributed by atoms with Crippen LogP contribution in [0.4, 0.5) is 0 Å². The number of hydrogen-bond acceptors (Lipinski definition) is 14. The number of carboxylic acid groups (broad SMARTS) is 2. The van der Waals surface area contributed by atoms with Crippen LogP contribution >= 0.6 is 12.6 Å². The maximum Gasteiger partial charge on any atom is 0.322 e. The van der Waals surface area contributed by atoms with Crippen molar-refractivity contribution in [2.24, 2.45) is 22.9 Å². The number of rotatable bonds is 33. The first-order valence-electron chi connectivity index (χ1n) is 23.0. The van der Waals surface area contributed by atoms with E-state index in [-0.39, 0.29) is 50.9 Å². The molecule has 18 N–H and O–H groups in total. The number of nitrogens with two attached hydrogens (primary N) is 4. The van der Waals surface area contributed by atoms with Crippen LogP contribution in [0.15, 0.2) is 60.8 Å². The molecule has 0 aliphatic heterocycles. The Hall–Kier alpha value is -7.09. The summed E-state index contributed by atoms with van der Waals surface area (Å²) < 4.78 is 0. The van der Waals surface area contributed by atoms with Crippen LogP contribution in [0.1, 0.15) is 68.9 Å². The number of thiol groups is 1. The summed E-state index contributed by atoms with van der Waals surface area (Å²) in [5, 5.41) is 36.9. The van der Waals surface area contributed by atoms with Gasteiger partial charge in [-0.2, -0.15) is 12.6 Å². The second-order valence-electron chi connectivity index (χ2n) is 16.7. The lowest BCUT2D eigenvalue weighted by Gasteiger charge is -2.28. The molecular formula is C46H66N12O12S. The molecular weight excluding hydrogens is 945 g/mol. The number of aliphatic carboxylic acids is 2. The molecule has 0 fully saturated rings. The van der Waals surface area contributed by atoms with Crippen molar-refractivity contribution in [1.82, 2.24) is 42.2 Å². The molecule has 24 nitrogen and oxygen atoms in total. The number of unbranched alkanes of at least 4 members (excludes halogenated alkanes) is 2. The van der Waals surface area contributed by atoms with Gasteiger partial charge in [-0.3, -0.25) is 47.9 Å². The van der Waals surface area contributed by atoms with Gasteiger partial charge in [0.25, 0.3) is 0 Å². The smallest absolute Gasteiger partial charge is 0.322 e. The molecule has 1 aromatic heterocycles. The minimum absolute atomic E-state index is 0.0158. The molecule has 0 saturated carbocycles. The third-order valence-corrected chi connectivity index (χ3v) is 11.5. The molecule has 0 aliphatic carbocycles. The van der Waals surface area contributed by atoms with Crippen LogP contribution in [0, 0.1) is 0 Å². The van der Waals surface area contributed by atoms with E-state index in [0.717, 1.165) is 0 Å². The van der Waals surface area contributed by atoms with E-state index in [4.69, 9.17) is 28.0 Å². The fourth-order valence-corrected chi connectivity index (χ4v) is 7.43. The number of para-hydroxylation sites is 1. The number of nitrogens with one attached hydrogen (secondary N) is 8. The van der Waals surface area contributed by atoms with E-state index >= 15 is 0 Å². The number of carbonyl (C=O) groups is 10. The number of aromatic nitrogens is 1. The SMILES string of the molecule is NCCCCC(NC(=O)C(Cc1c[nH]c2ccccc12)NC(=O)C(CC(N)=O)NC(=O)C(N)CS)C(=O)NC(CCCCN)C(=O)NC(CCC(=O)O)C(=O)NC(Cc1ccccc1)C(=O)NCC(=O)O. The number of carbonyl (C=O) groups excluding carboxylic acids is 8. The molecule has 25 heteroatoms. The molecule has 3 aromatic rings. The van der Waals surface area contributed by atoms with Crippen LogP contribution in [-0.4, -0.2) is 142 Å². The number of H-pyrrole nitrogens is 1. The molecule has 0 spiro atoms. The molecule has 0 saturated heterocycles. The van der Waals surface area contributed by atoms with Crippen molar-refractivity contribution in [3.05, 3.63) is 71.9 Å². The van der Waals surface area contributed by atoms with E-state index < -0.39 is 127 Å². The van der Waals surface area contributed by atoms with Crippen molar-refractivity contribution in [2.75, 3.05) is 25.4 Å². The molecule has 7 unspecified atom stereocenters. The van der Waals surface area contributed by atoms with Gasteiger partial charge in [0.1, 0.15) is 42.8 Å². The summed E-state index contributed by atoms with van der Waals surface area (Å²) >= 11 is 4.01. The highest BCUT2D eigenvalue weighted by Gasteiger charge is 2.35. The Morgan fingerprint density at radius 1 is 0.563 bits per heavy atom. The minimum atomic E-state index is -1.58. The van der Waals surface area contributed by atoms with Crippen LogP contribution < -0.4 is 60.2 Å². The topological polar surface area (TPSA) is 415 Å². The van der Waals surface area contributed by atoms with E-state index in [9.17, 15) is 53.1 Å². The van der Waals surface area contributed by atoms with E-state index in [0.29, 0.717) is 41.3 Å². The lowest BCUT2D eigenvalue weighted by molar-refractivity contribution is -0.139. The van der Waals surface area contributed by atoms with Gasteiger partial charge in [0, 0.05) is 42.1 Å². The monoisotopic (exact) mass is 1010 g/mol. The highest BCUT2D eigenvalue weighted by atomic mass is 32.1. The van der Waals surface area contributed by atoms with E-state index in [1.807, 2.05) is 0 Å². The lowest BCUT2D eigenvalue weighted by atomic mass is 10.0. The minimum Gasteiger partial charge on any atom is -0.481 e. The van der Waals surface area contributed by atoms with Crippen LogP contribution in [0.5, 0.6) is 0 Å². The number of benzene rings is 2. The van der Waals surface area contributed by atoms with Crippen molar-refractivity contribution >= 4 is 82.7 Å². The molecule has 3 rings (SSSR count). The van der Waals surface area contributed by atoms with E-state index in [2.05, 4.69) is 54.8 Å². The quantitative estimate of drug-likeness (QED) is 0.0218. The molecule has 2 aromatic carbocycles. The molecule has 8 amide bonds. The molecule has 388 valence electrons. The third-order valence-electron chi connectivity index (χ3n) is 11.1. The molecule has 7 atom stereocenters. The summed E-state index contributed by atoms with van der Waals surface area (Å²) in [5.74, 6) is -10.0. The molecule has 1 heterocycles. The van der Waals surface area contributed by atoms with Gasteiger partial charge in [0.05, 0.1) is 12.5 Å². The number of fused-ring (bicyclic) bond motifs is 1. The highest BCUT2D eigenvalue weighted by Crippen LogP contribution is 2.20. The number of amides is 8. The van der Waals surface area contributed by atoms with Crippen LogP contribution in [-0.2, 0) is 60.8 Å². The number of aromatic amines is 1. The average molecular weight is 1010 g/mol. The second kappa shape index (κ2) is 30.5. The van der Waals surface area contributed by atoms with Gasteiger partial charge in [0.15, 0.2) is 0 Å². The van der Waals surface area contributed by atoms with Gasteiger partial charge in [-0.1, -0.05) is 48.5 Å². The van der Waals surface area contributed by atoms with Gasteiger partial charge >= 0.3 is 11.9 Å². The molecule has 0 bridgehead atoms. The summed E-state index contributed by atoms with van der Waals surface area (Å²) in [6.07, 6.45) is 0.983. The average Bonchev–Trinajstić information content (AvgIpc) is 3.75. The number of primary amides is 1. The highest BCUT2D eigenvalue weighted by molar-refractivity contribution is 7.80. The third kappa shape index (κ3) is 20.4. The fourth-order valence-electron chi connectivity index (χ4n) is 7.27. The predicted molar refractivity (Wildman–Crippen MR) is 263 cm³/mol. The van der Waals surface area contributed by atoms with Crippen LogP contribution in [0.3, 0.4) is 0 Å². The summed E-state index contributed by atoms with van der Waals surface area (Å²) in [4.78, 5) is 135. The fraction of sp³-hybridized carbons (Fsp3) is 0.478. The molecule has 0 radical (unpaired) electrons. The van der Waals surface area contributed by atoms with E-state index in [1.54, 1.807) is 60.8 Å². The van der Waals surface area contributed by atoms with Crippen molar-refractivity contribution in [1.29, 1.82) is 0 Å². The second-order valence-corrected chi connectivity index (χ2v) is 17.1. The maximum absolute atomic E-state index is 14.4. The number of hydrogen-bond donors (Lipinski definition) is 15. The Labute approximate surface area is 415 Å². The van der Waals surface area contributed by atoms with Gasteiger partial charge < -0.3 is 75.3 Å². The van der Waals surface area contributed by atoms with Gasteiger partial charge in [-0.05, 0) is 75.2 Å². The Bertz CT molecular complexity index is 2300. The lowest BCUT2D eigenvalue weighted by Crippen LogP contribution is -2.60. The van der Waals surface area contributed by atoms with Gasteiger partial charge in [-0.15, -0.1) is 0 Å². The van der Waals surface area contributed by atoms with Crippen molar-refractivity contribution in [3.8, 4) is 0 Å². The first-order chi connectivity index (χ1) is 33.9. The number of carboxylic acids is 2. The Kier molecular flexibility index (Phi) is 25.0. The Balaban J connectivity index is 1.96. The zero-order chi connectivity index (χ0) is 52.5. The normalized spacial score (nSPS) is 14.0. The standard InChI is InChI=1S/C46H66N12O12S/c47-18-8-6-14-31(43(67)55-33(16-17-38(60)61)44(68)57-34(41(65)52-24-39(62)63)20-26-10-2-1-3-11-26)53-42(66)32(15-7-9-19-48)54-45(69)35(21-27-23-51-30-13-5-4-12-28(27)30)58-46(70)36(22-37(50)59)56-40(64)29(49)25-71/h1-5,10-13,23,29,31-36,51,71H,6-9,14-22,24-25,47-49H2,(H2,50,59)(H,52,65)(H,53,66)(H,54,69)(H,55,67)(H,56,64)(H,57,68)(H,58,70)(H,60,61)(H,62,63). The van der Waals surface area contributed by atoms with E-state index in [1.165, 1.54) is 0 Å².